The van der Waals surface area contributed by atoms with E-state index in [0.717, 1.165) is 60.5 Å². The summed E-state index contributed by atoms with van der Waals surface area (Å²) in [7, 11) is 0. The normalized spacial score (nSPS) is 17.0. The van der Waals surface area contributed by atoms with E-state index in [1.165, 1.54) is 19.3 Å². The first-order chi connectivity index (χ1) is 14.5. The molecule has 0 spiro atoms. The van der Waals surface area contributed by atoms with E-state index in [4.69, 9.17) is 9.47 Å². The predicted octanol–water partition coefficient (Wildman–Crippen LogP) is 5.53. The summed E-state index contributed by atoms with van der Waals surface area (Å²) in [6, 6.07) is 6.01. The number of carbonyl (C=O) groups is 1. The lowest BCUT2D eigenvalue weighted by atomic mass is 9.86. The Bertz CT molecular complexity index is 923. The minimum Gasteiger partial charge on any atom is -0.482 e. The molecule has 6 heteroatoms. The molecular weight excluding hydrogens is 412 g/mol. The number of rotatable bonds is 6. The van der Waals surface area contributed by atoms with Crippen molar-refractivity contribution in [2.75, 3.05) is 19.6 Å². The topological polar surface area (TPSA) is 51.7 Å². The number of piperidine rings is 1. The molecule has 0 N–H and O–H groups in total. The highest BCUT2D eigenvalue weighted by Gasteiger charge is 2.35. The average molecular weight is 445 g/mol. The van der Waals surface area contributed by atoms with E-state index in [1.807, 2.05) is 18.3 Å². The zero-order valence-corrected chi connectivity index (χ0v) is 19.6. The van der Waals surface area contributed by atoms with Gasteiger partial charge in [-0.3, -0.25) is 9.78 Å². The molecule has 1 aromatic carbocycles. The molecule has 2 aliphatic heterocycles. The van der Waals surface area contributed by atoms with Gasteiger partial charge in [0, 0.05) is 29.9 Å². The number of aromatic nitrogens is 1. The molecule has 3 heterocycles. The molecule has 0 atom stereocenters. The fraction of sp³-hybridized carbons (Fsp3) is 0.520. The maximum absolute atomic E-state index is 12.7. The minimum atomic E-state index is -0.465. The van der Waals surface area contributed by atoms with Crippen LogP contribution in [-0.2, 0) is 16.8 Å². The van der Waals surface area contributed by atoms with E-state index in [9.17, 15) is 4.79 Å². The van der Waals surface area contributed by atoms with Crippen molar-refractivity contribution >= 4 is 18.4 Å². The van der Waals surface area contributed by atoms with Crippen LogP contribution in [0.1, 0.15) is 64.0 Å². The molecule has 2 aromatic rings. The van der Waals surface area contributed by atoms with Gasteiger partial charge in [-0.05, 0) is 82.9 Å². The van der Waals surface area contributed by atoms with Crippen molar-refractivity contribution in [3.63, 3.8) is 0 Å². The van der Waals surface area contributed by atoms with Gasteiger partial charge in [-0.2, -0.15) is 0 Å². The molecule has 0 unspecified atom stereocenters. The number of fused-ring (bicyclic) bond motifs is 3. The lowest BCUT2D eigenvalue weighted by Gasteiger charge is -2.35. The van der Waals surface area contributed by atoms with Crippen molar-refractivity contribution in [1.82, 2.24) is 9.88 Å². The quantitative estimate of drug-likeness (QED) is 0.433. The first kappa shape index (κ1) is 23.6. The Morgan fingerprint density at radius 2 is 2.00 bits per heavy atom. The molecule has 0 bridgehead atoms. The van der Waals surface area contributed by atoms with Crippen LogP contribution in [0.15, 0.2) is 30.6 Å². The molecule has 5 nitrogen and oxygen atoms in total. The molecule has 168 valence electrons. The third-order valence-corrected chi connectivity index (χ3v) is 6.17. The number of hydrogen-bond acceptors (Lipinski definition) is 5. The molecule has 0 amide bonds. The van der Waals surface area contributed by atoms with Gasteiger partial charge in [0.25, 0.3) is 0 Å². The van der Waals surface area contributed by atoms with E-state index >= 15 is 0 Å². The highest BCUT2D eigenvalue weighted by atomic mass is 35.5. The molecule has 2 aliphatic rings. The van der Waals surface area contributed by atoms with Crippen LogP contribution in [0.4, 0.5) is 0 Å². The first-order valence-electron chi connectivity index (χ1n) is 11.2. The summed E-state index contributed by atoms with van der Waals surface area (Å²) in [4.78, 5) is 19.5. The van der Waals surface area contributed by atoms with E-state index in [2.05, 4.69) is 36.7 Å². The summed E-state index contributed by atoms with van der Waals surface area (Å²) in [5.41, 5.74) is 3.49. The Morgan fingerprint density at radius 1 is 1.23 bits per heavy atom. The first-order valence-corrected chi connectivity index (χ1v) is 11.2. The van der Waals surface area contributed by atoms with Gasteiger partial charge >= 0.3 is 5.97 Å². The number of carbonyl (C=O) groups excluding carboxylic acids is 1. The molecule has 1 aromatic heterocycles. The van der Waals surface area contributed by atoms with Crippen molar-refractivity contribution in [3.05, 3.63) is 41.7 Å². The number of benzene rings is 1. The largest absolute Gasteiger partial charge is 0.482 e. The monoisotopic (exact) mass is 444 g/mol. The number of ether oxygens (including phenoxy) is 2. The molecule has 0 aliphatic carbocycles. The van der Waals surface area contributed by atoms with Crippen molar-refractivity contribution in [2.24, 2.45) is 0 Å². The summed E-state index contributed by atoms with van der Waals surface area (Å²) in [5, 5.41) is 0. The van der Waals surface area contributed by atoms with Crippen molar-refractivity contribution in [1.29, 1.82) is 0 Å². The Labute approximate surface area is 191 Å². The number of aryl methyl sites for hydroxylation is 1. The second-order valence-corrected chi connectivity index (χ2v) is 8.83. The number of esters is 1. The Hall–Kier alpha value is -2.11. The lowest BCUT2D eigenvalue weighted by molar-refractivity contribution is -0.134. The van der Waals surface area contributed by atoms with Gasteiger partial charge in [-0.25, -0.2) is 0 Å². The fourth-order valence-corrected chi connectivity index (χ4v) is 4.53. The van der Waals surface area contributed by atoms with Crippen LogP contribution in [0.2, 0.25) is 0 Å². The number of likely N-dealkylation sites (tertiary alicyclic amines) is 1. The molecule has 1 fully saturated rings. The van der Waals surface area contributed by atoms with E-state index in [-0.39, 0.29) is 18.4 Å². The third kappa shape index (κ3) is 5.21. The number of nitrogens with zero attached hydrogens (tertiary/aromatic N) is 2. The van der Waals surface area contributed by atoms with Gasteiger partial charge in [0.15, 0.2) is 0 Å². The SMILES string of the molecule is CCc1cc(OC(=O)CCCN2CCCCC2)c2c(c1)OC(C)(C)c1ccncc1-2.Cl. The maximum atomic E-state index is 12.7. The highest BCUT2D eigenvalue weighted by Crippen LogP contribution is 2.49. The predicted molar refractivity (Wildman–Crippen MR) is 125 cm³/mol. The fourth-order valence-electron chi connectivity index (χ4n) is 4.53. The van der Waals surface area contributed by atoms with Crippen LogP contribution in [0, 0.1) is 0 Å². The number of pyridine rings is 1. The van der Waals surface area contributed by atoms with E-state index in [0.29, 0.717) is 12.2 Å². The molecule has 31 heavy (non-hydrogen) atoms. The van der Waals surface area contributed by atoms with Gasteiger partial charge in [0.2, 0.25) is 0 Å². The van der Waals surface area contributed by atoms with Crippen molar-refractivity contribution in [2.45, 2.75) is 64.9 Å². The van der Waals surface area contributed by atoms with Crippen LogP contribution in [0.3, 0.4) is 0 Å². The molecule has 4 rings (SSSR count). The standard InChI is InChI=1S/C25H32N2O3.ClH/c1-4-18-15-21(29-23(28)9-8-14-27-12-6-5-7-13-27)24-19-17-26-11-10-20(19)25(2,3)30-22(24)16-18;/h10-11,15-17H,4-9,12-14H2,1-3H3;1H. The minimum absolute atomic E-state index is 0. The van der Waals surface area contributed by atoms with Crippen LogP contribution >= 0.6 is 12.4 Å². The smallest absolute Gasteiger partial charge is 0.311 e. The van der Waals surface area contributed by atoms with Crippen LogP contribution in [0.25, 0.3) is 11.1 Å². The summed E-state index contributed by atoms with van der Waals surface area (Å²) in [5.74, 6) is 1.16. The maximum Gasteiger partial charge on any atom is 0.311 e. The van der Waals surface area contributed by atoms with Gasteiger partial charge in [-0.1, -0.05) is 13.3 Å². The number of halogens is 1. The van der Waals surface area contributed by atoms with Gasteiger partial charge < -0.3 is 14.4 Å². The van der Waals surface area contributed by atoms with E-state index in [1.54, 1.807) is 6.20 Å². The number of hydrogen-bond donors (Lipinski definition) is 0. The molecule has 0 saturated carbocycles. The zero-order chi connectivity index (χ0) is 21.1. The zero-order valence-electron chi connectivity index (χ0n) is 18.8. The van der Waals surface area contributed by atoms with Crippen LogP contribution in [-0.4, -0.2) is 35.5 Å². The van der Waals surface area contributed by atoms with Gasteiger partial charge in [0.1, 0.15) is 17.1 Å². The van der Waals surface area contributed by atoms with Crippen LogP contribution in [0.5, 0.6) is 11.5 Å². The summed E-state index contributed by atoms with van der Waals surface area (Å²) >= 11 is 0. The Balaban J connectivity index is 0.00000272. The molecular formula is C25H33ClN2O3. The van der Waals surface area contributed by atoms with Crippen LogP contribution < -0.4 is 9.47 Å². The summed E-state index contributed by atoms with van der Waals surface area (Å²) in [6.45, 7) is 9.47. The second kappa shape index (κ2) is 10.0. The third-order valence-electron chi connectivity index (χ3n) is 6.17. The van der Waals surface area contributed by atoms with Gasteiger partial charge in [-0.15, -0.1) is 12.4 Å². The summed E-state index contributed by atoms with van der Waals surface area (Å²) < 4.78 is 12.2. The highest BCUT2D eigenvalue weighted by molar-refractivity contribution is 5.85. The summed E-state index contributed by atoms with van der Waals surface area (Å²) in [6.07, 6.45) is 9.58. The average Bonchev–Trinajstić information content (AvgIpc) is 2.73. The van der Waals surface area contributed by atoms with Gasteiger partial charge in [0.05, 0.1) is 5.56 Å². The Kier molecular flexibility index (Phi) is 7.60. The van der Waals surface area contributed by atoms with E-state index < -0.39 is 5.60 Å². The lowest BCUT2D eigenvalue weighted by Crippen LogP contribution is -2.31. The van der Waals surface area contributed by atoms with Crippen molar-refractivity contribution in [3.8, 4) is 22.6 Å². The van der Waals surface area contributed by atoms with Crippen molar-refractivity contribution < 1.29 is 14.3 Å². The molecule has 0 radical (unpaired) electrons. The Morgan fingerprint density at radius 3 is 2.74 bits per heavy atom. The molecule has 1 saturated heterocycles. The second-order valence-electron chi connectivity index (χ2n) is 8.83.